The molecular formula is C21H17NO. The number of ether oxygens (including phenoxy) is 1. The highest BCUT2D eigenvalue weighted by Gasteiger charge is 2.19. The van der Waals surface area contributed by atoms with Crippen molar-refractivity contribution in [3.63, 3.8) is 0 Å². The second-order valence-corrected chi connectivity index (χ2v) is 6.24. The van der Waals surface area contributed by atoms with Crippen molar-refractivity contribution in [1.82, 2.24) is 4.57 Å². The summed E-state index contributed by atoms with van der Waals surface area (Å²) in [5, 5.41) is 1.28. The number of rotatable bonds is 0. The van der Waals surface area contributed by atoms with Crippen molar-refractivity contribution in [1.29, 1.82) is 0 Å². The van der Waals surface area contributed by atoms with E-state index in [9.17, 15) is 0 Å². The lowest BCUT2D eigenvalue weighted by Crippen LogP contribution is -1.99. The van der Waals surface area contributed by atoms with Gasteiger partial charge in [0.15, 0.2) is 0 Å². The Morgan fingerprint density at radius 3 is 2.78 bits per heavy atom. The molecule has 0 saturated heterocycles. The molecule has 2 nitrogen and oxygen atoms in total. The van der Waals surface area contributed by atoms with Crippen molar-refractivity contribution in [3.05, 3.63) is 64.9 Å². The van der Waals surface area contributed by atoms with Gasteiger partial charge in [0.2, 0.25) is 0 Å². The van der Waals surface area contributed by atoms with Gasteiger partial charge < -0.3 is 9.30 Å². The van der Waals surface area contributed by atoms with Gasteiger partial charge in [0.05, 0.1) is 0 Å². The van der Waals surface area contributed by atoms with Crippen LogP contribution in [-0.4, -0.2) is 4.57 Å². The first-order valence-electron chi connectivity index (χ1n) is 8.08. The Morgan fingerprint density at radius 1 is 0.957 bits per heavy atom. The normalized spacial score (nSPS) is 14.8. The van der Waals surface area contributed by atoms with E-state index in [0.29, 0.717) is 0 Å². The Kier molecular flexibility index (Phi) is 2.57. The molecule has 0 bridgehead atoms. The minimum atomic E-state index is 0.919. The van der Waals surface area contributed by atoms with Crippen LogP contribution in [0.1, 0.15) is 28.8 Å². The molecule has 5 rings (SSSR count). The van der Waals surface area contributed by atoms with Crippen molar-refractivity contribution < 1.29 is 4.74 Å². The zero-order valence-corrected chi connectivity index (χ0v) is 13.0. The molecule has 1 aromatic heterocycles. The van der Waals surface area contributed by atoms with Gasteiger partial charge in [-0.05, 0) is 31.0 Å². The van der Waals surface area contributed by atoms with E-state index >= 15 is 0 Å². The highest BCUT2D eigenvalue weighted by Crippen LogP contribution is 2.39. The summed E-state index contributed by atoms with van der Waals surface area (Å²) in [6, 6.07) is 12.6. The smallest absolute Gasteiger partial charge is 0.135 e. The number of allylic oxidation sites excluding steroid dienone is 1. The van der Waals surface area contributed by atoms with Gasteiger partial charge in [-0.15, -0.1) is 0 Å². The highest BCUT2D eigenvalue weighted by molar-refractivity contribution is 5.96. The van der Waals surface area contributed by atoms with E-state index < -0.39 is 0 Å². The van der Waals surface area contributed by atoms with Crippen LogP contribution in [0.4, 0.5) is 0 Å². The number of aryl methyl sites for hydroxylation is 1. The van der Waals surface area contributed by atoms with Crippen LogP contribution in [0.25, 0.3) is 29.1 Å². The van der Waals surface area contributed by atoms with Gasteiger partial charge in [-0.25, -0.2) is 0 Å². The largest absolute Gasteiger partial charge is 0.456 e. The fourth-order valence-electron chi connectivity index (χ4n) is 3.70. The maximum atomic E-state index is 6.21. The Hall–Kier alpha value is -2.74. The minimum absolute atomic E-state index is 0.919. The highest BCUT2D eigenvalue weighted by atomic mass is 16.5. The third-order valence-corrected chi connectivity index (χ3v) is 4.91. The lowest BCUT2D eigenvalue weighted by molar-refractivity contribution is 0.482. The van der Waals surface area contributed by atoms with E-state index in [0.717, 1.165) is 35.5 Å². The van der Waals surface area contributed by atoms with Crippen LogP contribution in [-0.2, 0) is 13.5 Å². The predicted molar refractivity (Wildman–Crippen MR) is 95.7 cm³/mol. The molecule has 2 heteroatoms. The van der Waals surface area contributed by atoms with Crippen LogP contribution in [0.15, 0.2) is 42.5 Å². The van der Waals surface area contributed by atoms with Gasteiger partial charge in [0, 0.05) is 40.3 Å². The summed E-state index contributed by atoms with van der Waals surface area (Å²) in [4.78, 5) is 0. The van der Waals surface area contributed by atoms with Gasteiger partial charge in [-0.1, -0.05) is 42.5 Å². The van der Waals surface area contributed by atoms with E-state index in [2.05, 4.69) is 54.1 Å². The van der Waals surface area contributed by atoms with Crippen molar-refractivity contribution in [2.75, 3.05) is 0 Å². The SMILES string of the molecule is Cn1c2c(c3cc4c(cc31)C=Cc1ccccc1O4)C=CCC2. The fraction of sp³-hybridized carbons (Fsp3) is 0.143. The standard InChI is InChI=1S/C21H17NO/c1-22-18-8-4-3-7-16(18)17-13-21-15(12-19(17)22)11-10-14-6-2-5-9-20(14)23-21/h2-3,5-7,9-13H,4,8H2,1H3. The minimum Gasteiger partial charge on any atom is -0.456 e. The summed E-state index contributed by atoms with van der Waals surface area (Å²) >= 11 is 0. The molecule has 112 valence electrons. The molecule has 2 aromatic carbocycles. The van der Waals surface area contributed by atoms with Crippen LogP contribution in [0.2, 0.25) is 0 Å². The monoisotopic (exact) mass is 299 g/mol. The summed E-state index contributed by atoms with van der Waals surface area (Å²) in [5.41, 5.74) is 6.30. The van der Waals surface area contributed by atoms with E-state index in [4.69, 9.17) is 4.74 Å². The lowest BCUT2D eigenvalue weighted by atomic mass is 10.0. The van der Waals surface area contributed by atoms with E-state index in [1.54, 1.807) is 0 Å². The summed E-state index contributed by atoms with van der Waals surface area (Å²) in [7, 11) is 2.17. The lowest BCUT2D eigenvalue weighted by Gasteiger charge is -2.09. The molecule has 0 amide bonds. The summed E-state index contributed by atoms with van der Waals surface area (Å²) in [6.45, 7) is 0. The molecule has 23 heavy (non-hydrogen) atoms. The first-order chi connectivity index (χ1) is 11.3. The van der Waals surface area contributed by atoms with Gasteiger partial charge in [0.25, 0.3) is 0 Å². The number of fused-ring (bicyclic) bond motifs is 5. The Morgan fingerprint density at radius 2 is 1.83 bits per heavy atom. The molecule has 3 aromatic rings. The van der Waals surface area contributed by atoms with Crippen LogP contribution < -0.4 is 4.74 Å². The molecule has 1 aliphatic carbocycles. The first kappa shape index (κ1) is 12.8. The van der Waals surface area contributed by atoms with Crippen LogP contribution in [0.3, 0.4) is 0 Å². The number of aromatic nitrogens is 1. The topological polar surface area (TPSA) is 14.2 Å². The molecule has 1 aliphatic heterocycles. The molecule has 0 fully saturated rings. The van der Waals surface area contributed by atoms with Gasteiger partial charge in [0.1, 0.15) is 11.5 Å². The summed E-state index contributed by atoms with van der Waals surface area (Å²) in [5.74, 6) is 1.85. The number of hydrogen-bond donors (Lipinski definition) is 0. The van der Waals surface area contributed by atoms with Crippen molar-refractivity contribution >= 4 is 29.1 Å². The molecule has 2 aliphatic rings. The van der Waals surface area contributed by atoms with Gasteiger partial charge in [-0.2, -0.15) is 0 Å². The molecule has 0 radical (unpaired) electrons. The predicted octanol–water partition coefficient (Wildman–Crippen LogP) is 5.41. The van der Waals surface area contributed by atoms with Crippen LogP contribution in [0, 0.1) is 0 Å². The number of nitrogens with zero attached hydrogens (tertiary/aromatic N) is 1. The van der Waals surface area contributed by atoms with Crippen LogP contribution >= 0.6 is 0 Å². The first-order valence-corrected chi connectivity index (χ1v) is 8.08. The molecule has 0 saturated carbocycles. The van der Waals surface area contributed by atoms with E-state index in [-0.39, 0.29) is 0 Å². The number of benzene rings is 2. The quantitative estimate of drug-likeness (QED) is 0.423. The Labute approximate surface area is 135 Å². The Balaban J connectivity index is 1.78. The molecule has 0 atom stereocenters. The average molecular weight is 299 g/mol. The third kappa shape index (κ3) is 1.81. The van der Waals surface area contributed by atoms with E-state index in [1.165, 1.54) is 22.2 Å². The Bertz CT molecular complexity index is 1000. The zero-order valence-electron chi connectivity index (χ0n) is 13.0. The number of hydrogen-bond acceptors (Lipinski definition) is 1. The molecule has 0 spiro atoms. The fourth-order valence-corrected chi connectivity index (χ4v) is 3.70. The van der Waals surface area contributed by atoms with Crippen LogP contribution in [0.5, 0.6) is 11.5 Å². The van der Waals surface area contributed by atoms with Crippen molar-refractivity contribution in [2.24, 2.45) is 7.05 Å². The zero-order chi connectivity index (χ0) is 15.4. The summed E-state index contributed by atoms with van der Waals surface area (Å²) in [6.07, 6.45) is 11.1. The van der Waals surface area contributed by atoms with Crippen molar-refractivity contribution in [3.8, 4) is 11.5 Å². The average Bonchev–Trinajstić information content (AvgIpc) is 2.76. The van der Waals surface area contributed by atoms with Gasteiger partial charge in [-0.3, -0.25) is 0 Å². The molecular weight excluding hydrogens is 282 g/mol. The molecule has 2 heterocycles. The molecule has 0 unspecified atom stereocenters. The maximum absolute atomic E-state index is 6.21. The van der Waals surface area contributed by atoms with Crippen molar-refractivity contribution in [2.45, 2.75) is 12.8 Å². The third-order valence-electron chi connectivity index (χ3n) is 4.91. The second kappa shape index (κ2) is 4.63. The second-order valence-electron chi connectivity index (χ2n) is 6.24. The number of para-hydroxylation sites is 1. The van der Waals surface area contributed by atoms with E-state index in [1.807, 2.05) is 18.2 Å². The summed E-state index contributed by atoms with van der Waals surface area (Å²) < 4.78 is 8.55. The van der Waals surface area contributed by atoms with Gasteiger partial charge >= 0.3 is 0 Å². The maximum Gasteiger partial charge on any atom is 0.135 e. The molecule has 0 N–H and O–H groups in total.